The van der Waals surface area contributed by atoms with E-state index in [2.05, 4.69) is 41.0 Å². The van der Waals surface area contributed by atoms with Crippen LogP contribution >= 0.6 is 0 Å². The number of amides is 1. The summed E-state index contributed by atoms with van der Waals surface area (Å²) in [5, 5.41) is 6.69. The van der Waals surface area contributed by atoms with Gasteiger partial charge in [0.2, 0.25) is 5.91 Å². The molecule has 2 aliphatic rings. The van der Waals surface area contributed by atoms with Crippen LogP contribution in [0, 0.1) is 5.92 Å². The number of aryl methyl sites for hydroxylation is 1. The van der Waals surface area contributed by atoms with E-state index in [4.69, 9.17) is 4.74 Å². The minimum absolute atomic E-state index is 0.117. The van der Waals surface area contributed by atoms with E-state index in [9.17, 15) is 4.79 Å². The summed E-state index contributed by atoms with van der Waals surface area (Å²) in [7, 11) is 0. The van der Waals surface area contributed by atoms with Gasteiger partial charge < -0.3 is 15.4 Å². The number of hydrogen-bond donors (Lipinski definition) is 2. The fourth-order valence-corrected chi connectivity index (χ4v) is 4.30. The van der Waals surface area contributed by atoms with Crippen molar-refractivity contribution in [3.63, 3.8) is 0 Å². The second kappa shape index (κ2) is 9.24. The molecule has 28 heavy (non-hydrogen) atoms. The Labute approximate surface area is 167 Å². The molecule has 0 radical (unpaired) electrons. The molecule has 2 heterocycles. The van der Waals surface area contributed by atoms with Gasteiger partial charge in [0.05, 0.1) is 12.6 Å². The molecular weight excluding hydrogens is 348 g/mol. The molecule has 148 valence electrons. The Morgan fingerprint density at radius 2 is 1.93 bits per heavy atom. The minimum Gasteiger partial charge on any atom is -0.493 e. The van der Waals surface area contributed by atoms with E-state index >= 15 is 0 Å². The lowest BCUT2D eigenvalue weighted by Crippen LogP contribution is -2.31. The van der Waals surface area contributed by atoms with Crippen molar-refractivity contribution in [2.45, 2.75) is 44.6 Å². The zero-order chi connectivity index (χ0) is 19.2. The van der Waals surface area contributed by atoms with E-state index in [0.717, 1.165) is 55.8 Å². The molecule has 2 N–H and O–H groups in total. The number of ether oxygens (including phenoxy) is 1. The minimum atomic E-state index is -0.117. The fourth-order valence-electron chi connectivity index (χ4n) is 4.30. The van der Waals surface area contributed by atoms with Crippen LogP contribution in [0.5, 0.6) is 5.75 Å². The number of carbonyl (C=O) groups excluding carboxylic acids is 1. The molecule has 2 aromatic carbocycles. The number of nitrogens with one attached hydrogen (secondary N) is 2. The molecule has 1 atom stereocenters. The van der Waals surface area contributed by atoms with Gasteiger partial charge >= 0.3 is 0 Å². The van der Waals surface area contributed by atoms with Gasteiger partial charge in [-0.1, -0.05) is 36.4 Å². The molecule has 1 saturated heterocycles. The van der Waals surface area contributed by atoms with Gasteiger partial charge in [0.25, 0.3) is 0 Å². The second-order valence-corrected chi connectivity index (χ2v) is 7.96. The smallest absolute Gasteiger partial charge is 0.220 e. The maximum atomic E-state index is 12.8. The SMILES string of the molecule is O=C(CCC1CCNCC1)NC(c1ccccc1)c1ccc2c(c1)CCCO2. The number of benzene rings is 2. The highest BCUT2D eigenvalue weighted by Crippen LogP contribution is 2.30. The third-order valence-corrected chi connectivity index (χ3v) is 5.94. The first-order valence-corrected chi connectivity index (χ1v) is 10.6. The molecule has 1 fully saturated rings. The Hall–Kier alpha value is -2.33. The molecule has 4 nitrogen and oxygen atoms in total. The van der Waals surface area contributed by atoms with Crippen LogP contribution in [-0.2, 0) is 11.2 Å². The summed E-state index contributed by atoms with van der Waals surface area (Å²) in [6.07, 6.45) is 6.03. The van der Waals surface area contributed by atoms with Crippen LogP contribution in [0.3, 0.4) is 0 Å². The standard InChI is InChI=1S/C24H30N2O2/c27-23(11-8-18-12-14-25-15-13-18)26-24(19-5-2-1-3-6-19)21-9-10-22-20(17-21)7-4-16-28-22/h1-3,5-6,9-10,17-18,24-25H,4,7-8,11-16H2,(H,26,27). The van der Waals surface area contributed by atoms with E-state index in [1.54, 1.807) is 0 Å². The summed E-state index contributed by atoms with van der Waals surface area (Å²) >= 11 is 0. The average molecular weight is 379 g/mol. The number of carbonyl (C=O) groups is 1. The molecule has 4 heteroatoms. The molecule has 0 bridgehead atoms. The molecule has 1 amide bonds. The fraction of sp³-hybridized carbons (Fsp3) is 0.458. The predicted octanol–water partition coefficient (Wildman–Crippen LogP) is 4.00. The van der Waals surface area contributed by atoms with Crippen molar-refractivity contribution in [3.8, 4) is 5.75 Å². The summed E-state index contributed by atoms with van der Waals surface area (Å²) in [5.74, 6) is 1.79. The molecule has 2 aliphatic heterocycles. The van der Waals surface area contributed by atoms with E-state index in [1.165, 1.54) is 18.4 Å². The maximum Gasteiger partial charge on any atom is 0.220 e. The van der Waals surface area contributed by atoms with Crippen molar-refractivity contribution in [3.05, 3.63) is 65.2 Å². The summed E-state index contributed by atoms with van der Waals surface area (Å²) in [6, 6.07) is 16.5. The van der Waals surface area contributed by atoms with Gasteiger partial charge in [-0.25, -0.2) is 0 Å². The molecule has 4 rings (SSSR count). The highest BCUT2D eigenvalue weighted by atomic mass is 16.5. The second-order valence-electron chi connectivity index (χ2n) is 7.96. The number of hydrogen-bond acceptors (Lipinski definition) is 3. The lowest BCUT2D eigenvalue weighted by atomic mass is 9.92. The van der Waals surface area contributed by atoms with E-state index in [1.807, 2.05) is 18.2 Å². The molecular formula is C24H30N2O2. The summed E-state index contributed by atoms with van der Waals surface area (Å²) in [4.78, 5) is 12.8. The van der Waals surface area contributed by atoms with Crippen LogP contribution in [0.4, 0.5) is 0 Å². The normalized spacial score (nSPS) is 18.0. The van der Waals surface area contributed by atoms with Crippen molar-refractivity contribution in [2.75, 3.05) is 19.7 Å². The maximum absolute atomic E-state index is 12.8. The monoisotopic (exact) mass is 378 g/mol. The van der Waals surface area contributed by atoms with Crippen molar-refractivity contribution < 1.29 is 9.53 Å². The summed E-state index contributed by atoms with van der Waals surface area (Å²) in [6.45, 7) is 2.95. The van der Waals surface area contributed by atoms with Gasteiger partial charge in [0.15, 0.2) is 0 Å². The van der Waals surface area contributed by atoms with Crippen LogP contribution < -0.4 is 15.4 Å². The van der Waals surface area contributed by atoms with E-state index in [0.29, 0.717) is 12.3 Å². The third kappa shape index (κ3) is 4.74. The quantitative estimate of drug-likeness (QED) is 0.799. The first kappa shape index (κ1) is 19.0. The Balaban J connectivity index is 1.48. The zero-order valence-electron chi connectivity index (χ0n) is 16.5. The topological polar surface area (TPSA) is 50.4 Å². The van der Waals surface area contributed by atoms with Crippen LogP contribution in [0.15, 0.2) is 48.5 Å². The number of fused-ring (bicyclic) bond motifs is 1. The lowest BCUT2D eigenvalue weighted by molar-refractivity contribution is -0.121. The van der Waals surface area contributed by atoms with Crippen molar-refractivity contribution in [1.82, 2.24) is 10.6 Å². The molecule has 0 spiro atoms. The molecule has 1 unspecified atom stereocenters. The Morgan fingerprint density at radius 3 is 2.75 bits per heavy atom. The van der Waals surface area contributed by atoms with Gasteiger partial charge in [-0.15, -0.1) is 0 Å². The molecule has 2 aromatic rings. The van der Waals surface area contributed by atoms with Crippen LogP contribution in [0.2, 0.25) is 0 Å². The number of rotatable bonds is 6. The Morgan fingerprint density at radius 1 is 1.11 bits per heavy atom. The molecule has 0 aromatic heterocycles. The highest BCUT2D eigenvalue weighted by Gasteiger charge is 2.21. The third-order valence-electron chi connectivity index (χ3n) is 5.94. The first-order valence-electron chi connectivity index (χ1n) is 10.6. The summed E-state index contributed by atoms with van der Waals surface area (Å²) in [5.41, 5.74) is 3.49. The van der Waals surface area contributed by atoms with Crippen LogP contribution in [0.1, 0.15) is 54.8 Å². The molecule has 0 saturated carbocycles. The average Bonchev–Trinajstić information content (AvgIpc) is 2.77. The Bertz CT molecular complexity index is 784. The Kier molecular flexibility index (Phi) is 6.27. The van der Waals surface area contributed by atoms with Gasteiger partial charge in [0.1, 0.15) is 5.75 Å². The van der Waals surface area contributed by atoms with E-state index < -0.39 is 0 Å². The van der Waals surface area contributed by atoms with Crippen molar-refractivity contribution >= 4 is 5.91 Å². The molecule has 0 aliphatic carbocycles. The van der Waals surface area contributed by atoms with Gasteiger partial charge in [-0.05, 0) is 79.9 Å². The predicted molar refractivity (Wildman–Crippen MR) is 112 cm³/mol. The van der Waals surface area contributed by atoms with Crippen molar-refractivity contribution in [2.24, 2.45) is 5.92 Å². The zero-order valence-corrected chi connectivity index (χ0v) is 16.5. The highest BCUT2D eigenvalue weighted by molar-refractivity contribution is 5.77. The first-order chi connectivity index (χ1) is 13.8. The largest absolute Gasteiger partial charge is 0.493 e. The lowest BCUT2D eigenvalue weighted by Gasteiger charge is -2.25. The summed E-state index contributed by atoms with van der Waals surface area (Å²) < 4.78 is 5.76. The van der Waals surface area contributed by atoms with Crippen molar-refractivity contribution in [1.29, 1.82) is 0 Å². The van der Waals surface area contributed by atoms with Crippen LogP contribution in [-0.4, -0.2) is 25.6 Å². The van der Waals surface area contributed by atoms with E-state index in [-0.39, 0.29) is 11.9 Å². The number of piperidine rings is 1. The van der Waals surface area contributed by atoms with Gasteiger partial charge in [0, 0.05) is 6.42 Å². The van der Waals surface area contributed by atoms with Crippen LogP contribution in [0.25, 0.3) is 0 Å². The van der Waals surface area contributed by atoms with Gasteiger partial charge in [-0.3, -0.25) is 4.79 Å². The van der Waals surface area contributed by atoms with Gasteiger partial charge in [-0.2, -0.15) is 0 Å².